The quantitative estimate of drug-likeness (QED) is 0.620. The minimum Gasteiger partial charge on any atom is -0.462 e. The Hall–Kier alpha value is -1.13. The summed E-state index contributed by atoms with van der Waals surface area (Å²) in [5.41, 5.74) is -1.55. The Morgan fingerprint density at radius 2 is 1.57 bits per heavy atom. The Bertz CT molecular complexity index is 665. The Morgan fingerprint density at radius 3 is 2.25 bits per heavy atom. The first kappa shape index (κ1) is 20.2. The maximum absolute atomic E-state index is 16.3. The maximum atomic E-state index is 16.3. The normalized spacial score (nSPS) is 50.1. The third kappa shape index (κ3) is 2.90. The fourth-order valence-electron chi connectivity index (χ4n) is 7.84. The van der Waals surface area contributed by atoms with Gasteiger partial charge in [0.15, 0.2) is 0 Å². The van der Waals surface area contributed by atoms with Gasteiger partial charge in [0.05, 0.1) is 0 Å². The number of rotatable bonds is 2. The maximum Gasteiger partial charge on any atom is 0.302 e. The zero-order valence-corrected chi connectivity index (χ0v) is 17.8. The van der Waals surface area contributed by atoms with Gasteiger partial charge in [-0.2, -0.15) is 0 Å². The van der Waals surface area contributed by atoms with Crippen LogP contribution in [0, 0.1) is 28.6 Å². The first-order valence-corrected chi connectivity index (χ1v) is 11.1. The highest BCUT2D eigenvalue weighted by Gasteiger charge is 2.66. The monoisotopic (exact) mass is 394 g/mol. The predicted molar refractivity (Wildman–Crippen MR) is 103 cm³/mol. The van der Waals surface area contributed by atoms with Gasteiger partial charge in [-0.25, -0.2) is 4.39 Å². The molecule has 0 bridgehead atoms. The van der Waals surface area contributed by atoms with E-state index in [1.54, 1.807) is 0 Å². The SMILES string of the molecule is CC(=O)O[C@@H]1CC[C@]2(C)[C@H]3CC[C@]4(C)[C@@H](OC(C)=O)CC[C@H]4[C@@H]3CC[C@@]2(F)C1. The summed E-state index contributed by atoms with van der Waals surface area (Å²) in [7, 11) is 0. The van der Waals surface area contributed by atoms with E-state index in [0.717, 1.165) is 44.9 Å². The van der Waals surface area contributed by atoms with Crippen molar-refractivity contribution in [3.8, 4) is 0 Å². The third-order valence-electron chi connectivity index (χ3n) is 9.24. The molecule has 0 heterocycles. The van der Waals surface area contributed by atoms with Gasteiger partial charge in [-0.15, -0.1) is 0 Å². The van der Waals surface area contributed by atoms with Crippen molar-refractivity contribution in [2.24, 2.45) is 28.6 Å². The van der Waals surface area contributed by atoms with Crippen LogP contribution in [0.15, 0.2) is 0 Å². The Labute approximate surface area is 167 Å². The highest BCUT2D eigenvalue weighted by atomic mass is 19.1. The Kier molecular flexibility index (Phi) is 4.82. The molecule has 0 saturated heterocycles. The number of carbonyl (C=O) groups is 2. The van der Waals surface area contributed by atoms with E-state index < -0.39 is 5.67 Å². The van der Waals surface area contributed by atoms with E-state index in [9.17, 15) is 9.59 Å². The number of ether oxygens (including phenoxy) is 2. The van der Waals surface area contributed by atoms with Gasteiger partial charge in [0.25, 0.3) is 0 Å². The van der Waals surface area contributed by atoms with E-state index >= 15 is 4.39 Å². The van der Waals surface area contributed by atoms with Gasteiger partial charge in [-0.3, -0.25) is 9.59 Å². The second-order valence-corrected chi connectivity index (χ2v) is 10.5. The van der Waals surface area contributed by atoms with Gasteiger partial charge >= 0.3 is 11.9 Å². The molecule has 4 fully saturated rings. The van der Waals surface area contributed by atoms with E-state index in [1.165, 1.54) is 13.8 Å². The topological polar surface area (TPSA) is 52.6 Å². The number of carbonyl (C=O) groups excluding carboxylic acids is 2. The zero-order chi connectivity index (χ0) is 20.3. The van der Waals surface area contributed by atoms with Crippen LogP contribution < -0.4 is 0 Å². The summed E-state index contributed by atoms with van der Waals surface area (Å²) in [5, 5.41) is 0. The fraction of sp³-hybridized carbons (Fsp3) is 0.913. The molecule has 5 heteroatoms. The van der Waals surface area contributed by atoms with Crippen LogP contribution >= 0.6 is 0 Å². The molecular weight excluding hydrogens is 359 g/mol. The lowest BCUT2D eigenvalue weighted by Gasteiger charge is -2.62. The number of hydrogen-bond acceptors (Lipinski definition) is 4. The van der Waals surface area contributed by atoms with Crippen LogP contribution in [-0.4, -0.2) is 29.8 Å². The Balaban J connectivity index is 1.56. The van der Waals surface area contributed by atoms with Crippen LogP contribution in [0.4, 0.5) is 4.39 Å². The molecule has 0 aromatic heterocycles. The molecule has 0 N–H and O–H groups in total. The molecule has 0 aromatic rings. The highest BCUT2D eigenvalue weighted by Crippen LogP contribution is 2.68. The lowest BCUT2D eigenvalue weighted by molar-refractivity contribution is -0.198. The summed E-state index contributed by atoms with van der Waals surface area (Å²) < 4.78 is 27.4. The van der Waals surface area contributed by atoms with Crippen LogP contribution in [0.3, 0.4) is 0 Å². The summed E-state index contributed by atoms with van der Waals surface area (Å²) >= 11 is 0. The molecule has 0 aliphatic heterocycles. The van der Waals surface area contributed by atoms with E-state index in [-0.39, 0.29) is 35.0 Å². The molecule has 4 rings (SSSR count). The second kappa shape index (κ2) is 6.70. The summed E-state index contributed by atoms with van der Waals surface area (Å²) in [6.07, 6.45) is 7.15. The van der Waals surface area contributed by atoms with E-state index in [1.807, 2.05) is 0 Å². The first-order chi connectivity index (χ1) is 13.1. The minimum absolute atomic E-state index is 0.0144. The van der Waals surface area contributed by atoms with Crippen molar-refractivity contribution in [1.29, 1.82) is 0 Å². The molecule has 4 aliphatic carbocycles. The predicted octanol–water partition coefficient (Wildman–Crippen LogP) is 4.98. The summed E-state index contributed by atoms with van der Waals surface area (Å²) in [6.45, 7) is 7.38. The summed E-state index contributed by atoms with van der Waals surface area (Å²) in [6, 6.07) is 0. The van der Waals surface area contributed by atoms with E-state index in [2.05, 4.69) is 13.8 Å². The smallest absolute Gasteiger partial charge is 0.302 e. The zero-order valence-electron chi connectivity index (χ0n) is 17.8. The van der Waals surface area contributed by atoms with Crippen molar-refractivity contribution in [3.63, 3.8) is 0 Å². The van der Waals surface area contributed by atoms with Gasteiger partial charge < -0.3 is 9.47 Å². The largest absolute Gasteiger partial charge is 0.462 e. The number of hydrogen-bond donors (Lipinski definition) is 0. The molecule has 8 atom stereocenters. The average Bonchev–Trinajstić information content (AvgIpc) is 2.91. The minimum atomic E-state index is -1.24. The molecule has 4 saturated carbocycles. The first-order valence-electron chi connectivity index (χ1n) is 11.1. The van der Waals surface area contributed by atoms with Crippen molar-refractivity contribution in [2.45, 2.75) is 103 Å². The van der Waals surface area contributed by atoms with Gasteiger partial charge in [0, 0.05) is 31.1 Å². The summed E-state index contributed by atoms with van der Waals surface area (Å²) in [4.78, 5) is 23.0. The van der Waals surface area contributed by atoms with Crippen molar-refractivity contribution < 1.29 is 23.5 Å². The molecule has 0 amide bonds. The third-order valence-corrected chi connectivity index (χ3v) is 9.24. The lowest BCUT2D eigenvalue weighted by Crippen LogP contribution is -2.61. The van der Waals surface area contributed by atoms with Crippen LogP contribution in [0.2, 0.25) is 0 Å². The summed E-state index contributed by atoms with van der Waals surface area (Å²) in [5.74, 6) is 0.915. The molecule has 28 heavy (non-hydrogen) atoms. The number of halogens is 1. The molecular formula is C23H35FO4. The van der Waals surface area contributed by atoms with E-state index in [0.29, 0.717) is 30.6 Å². The van der Waals surface area contributed by atoms with Crippen molar-refractivity contribution in [3.05, 3.63) is 0 Å². The van der Waals surface area contributed by atoms with Crippen LogP contribution in [0.5, 0.6) is 0 Å². The fourth-order valence-corrected chi connectivity index (χ4v) is 7.84. The number of fused-ring (bicyclic) bond motifs is 5. The van der Waals surface area contributed by atoms with Gasteiger partial charge in [0.2, 0.25) is 0 Å². The average molecular weight is 395 g/mol. The van der Waals surface area contributed by atoms with Crippen molar-refractivity contribution >= 4 is 11.9 Å². The van der Waals surface area contributed by atoms with Crippen LogP contribution in [0.25, 0.3) is 0 Å². The highest BCUT2D eigenvalue weighted by molar-refractivity contribution is 5.66. The second-order valence-electron chi connectivity index (χ2n) is 10.5. The van der Waals surface area contributed by atoms with Crippen molar-refractivity contribution in [2.75, 3.05) is 0 Å². The van der Waals surface area contributed by atoms with E-state index in [4.69, 9.17) is 9.47 Å². The van der Waals surface area contributed by atoms with Crippen LogP contribution in [0.1, 0.15) is 85.5 Å². The standard InChI is InChI=1S/C23H35FO4/c1-14(25)27-16-7-11-22(4)19-9-10-21(3)18(5-6-20(21)28-15(2)26)17(19)8-12-23(22,24)13-16/h16-20H,5-13H2,1-4H3/t16-,17+,18+,19+,20+,21+,22-,23-/m1/s1. The number of esters is 2. The van der Waals surface area contributed by atoms with Gasteiger partial charge in [-0.1, -0.05) is 13.8 Å². The molecule has 0 aromatic carbocycles. The molecule has 0 unspecified atom stereocenters. The number of alkyl halides is 1. The van der Waals surface area contributed by atoms with Gasteiger partial charge in [-0.05, 0) is 69.1 Å². The molecule has 0 radical (unpaired) electrons. The van der Waals surface area contributed by atoms with Gasteiger partial charge in [0.1, 0.15) is 17.9 Å². The molecule has 4 aliphatic rings. The van der Waals surface area contributed by atoms with Crippen LogP contribution in [-0.2, 0) is 19.1 Å². The lowest BCUT2D eigenvalue weighted by atomic mass is 9.44. The molecule has 4 nitrogen and oxygen atoms in total. The molecule has 158 valence electrons. The van der Waals surface area contributed by atoms with Crippen molar-refractivity contribution in [1.82, 2.24) is 0 Å². The Morgan fingerprint density at radius 1 is 0.857 bits per heavy atom. The molecule has 0 spiro atoms.